The maximum atomic E-state index is 6.47. The summed E-state index contributed by atoms with van der Waals surface area (Å²) in [6, 6.07) is 50.0. The Labute approximate surface area is 350 Å². The number of aryl methyl sites for hydroxylation is 2. The number of pyridine rings is 2. The zero-order valence-electron chi connectivity index (χ0n) is 33.5. The Morgan fingerprint density at radius 2 is 1.46 bits per heavy atom. The number of fused-ring (bicyclic) bond motifs is 4. The first-order chi connectivity index (χ1) is 27.1. The van der Waals surface area contributed by atoms with Gasteiger partial charge in [-0.1, -0.05) is 105 Å². The van der Waals surface area contributed by atoms with Crippen molar-refractivity contribution < 1.29 is 24.5 Å². The molecule has 0 aliphatic heterocycles. The normalized spacial score (nSPS) is 11.5. The van der Waals surface area contributed by atoms with Crippen LogP contribution < -0.4 is 5.19 Å². The van der Waals surface area contributed by atoms with Crippen LogP contribution >= 0.6 is 0 Å². The molecule has 0 atom stereocenters. The molecule has 0 N–H and O–H groups in total. The van der Waals surface area contributed by atoms with Crippen LogP contribution in [0.1, 0.15) is 30.5 Å². The molecule has 0 spiro atoms. The Morgan fingerprint density at radius 1 is 0.719 bits per heavy atom. The fraction of sp³-hybridized carbons (Fsp3) is 0.180. The number of para-hydroxylation sites is 3. The number of hydrogen-bond acceptors (Lipinski definition) is 4. The first kappa shape index (κ1) is 39.8. The topological polar surface area (TPSA) is 56.7 Å². The molecule has 0 unspecified atom stereocenters. The van der Waals surface area contributed by atoms with Crippen LogP contribution in [0, 0.1) is 31.9 Å². The van der Waals surface area contributed by atoms with E-state index >= 15 is 0 Å². The van der Waals surface area contributed by atoms with Crippen molar-refractivity contribution in [1.29, 1.82) is 0 Å². The third kappa shape index (κ3) is 8.06. The van der Waals surface area contributed by atoms with Crippen LogP contribution in [0.2, 0.25) is 19.6 Å². The van der Waals surface area contributed by atoms with Crippen LogP contribution in [0.25, 0.3) is 72.7 Å². The minimum Gasteiger partial charge on any atom is -0.486 e. The molecule has 287 valence electrons. The van der Waals surface area contributed by atoms with Gasteiger partial charge in [-0.05, 0) is 84.6 Å². The summed E-state index contributed by atoms with van der Waals surface area (Å²) < 4.78 is 8.64. The van der Waals surface area contributed by atoms with E-state index in [4.69, 9.17) is 14.4 Å². The maximum absolute atomic E-state index is 6.47. The van der Waals surface area contributed by atoms with E-state index in [0.717, 1.165) is 73.4 Å². The summed E-state index contributed by atoms with van der Waals surface area (Å²) in [5, 5.41) is 3.48. The fourth-order valence-corrected chi connectivity index (χ4v) is 9.25. The molecule has 0 saturated carbocycles. The standard InChI is InChI=1S/C32H22N3O.C18H24NSi.Ir/c1-20-10-8-11-21(2)29(20)27-19-18-24-23-14-9-15-25(30(23)36-32(24)34-27)31-33-26-16-6-7-17-28(26)35(31)22-12-4-3-5-13-22;1-14(2)11-16-12-17(15-9-7-6-8-10-15)19-13-18(16)20(3,4)5;/h3-14,16-19H,1-2H3;6-9,12-14H,11H2,1-5H3;/q2*-1;. The zero-order chi connectivity index (χ0) is 39.0. The summed E-state index contributed by atoms with van der Waals surface area (Å²) in [7, 11) is -1.34. The number of hydrogen-bond donors (Lipinski definition) is 0. The molecular formula is C50H46IrN4OSi-2. The van der Waals surface area contributed by atoms with E-state index in [9.17, 15) is 0 Å². The monoisotopic (exact) mass is 939 g/mol. The van der Waals surface area contributed by atoms with Crippen molar-refractivity contribution >= 4 is 46.4 Å². The minimum atomic E-state index is -1.34. The molecule has 9 rings (SSSR count). The number of nitrogens with zero attached hydrogens (tertiary/aromatic N) is 4. The van der Waals surface area contributed by atoms with Gasteiger partial charge in [0.1, 0.15) is 0 Å². The first-order valence-corrected chi connectivity index (χ1v) is 22.9. The van der Waals surface area contributed by atoms with Gasteiger partial charge < -0.3 is 14.0 Å². The van der Waals surface area contributed by atoms with Gasteiger partial charge in [-0.25, -0.2) is 4.98 Å². The third-order valence-corrected chi connectivity index (χ3v) is 12.3. The summed E-state index contributed by atoms with van der Waals surface area (Å²) in [5.41, 5.74) is 13.2. The van der Waals surface area contributed by atoms with Crippen LogP contribution in [0.5, 0.6) is 0 Å². The summed E-state index contributed by atoms with van der Waals surface area (Å²) in [6.45, 7) is 16.0. The first-order valence-electron chi connectivity index (χ1n) is 19.4. The summed E-state index contributed by atoms with van der Waals surface area (Å²) in [4.78, 5) is 14.7. The molecule has 0 aliphatic rings. The summed E-state index contributed by atoms with van der Waals surface area (Å²) in [5.74, 6) is 1.46. The van der Waals surface area contributed by atoms with E-state index in [1.165, 1.54) is 21.9 Å². The van der Waals surface area contributed by atoms with Gasteiger partial charge in [-0.3, -0.25) is 4.98 Å². The van der Waals surface area contributed by atoms with Gasteiger partial charge in [0.05, 0.1) is 36.2 Å². The molecule has 5 nitrogen and oxygen atoms in total. The van der Waals surface area contributed by atoms with Crippen molar-refractivity contribution in [2.24, 2.45) is 5.92 Å². The van der Waals surface area contributed by atoms with E-state index in [0.29, 0.717) is 11.6 Å². The van der Waals surface area contributed by atoms with Crippen molar-refractivity contribution in [3.63, 3.8) is 0 Å². The summed E-state index contributed by atoms with van der Waals surface area (Å²) >= 11 is 0. The molecule has 0 bridgehead atoms. The Bertz CT molecular complexity index is 2800. The van der Waals surface area contributed by atoms with Crippen LogP contribution in [-0.4, -0.2) is 27.6 Å². The molecule has 0 aliphatic carbocycles. The molecule has 1 radical (unpaired) electrons. The molecular weight excluding hydrogens is 893 g/mol. The van der Waals surface area contributed by atoms with Crippen molar-refractivity contribution in [1.82, 2.24) is 19.5 Å². The van der Waals surface area contributed by atoms with Crippen molar-refractivity contribution in [2.45, 2.75) is 53.8 Å². The molecule has 0 fully saturated rings. The average Bonchev–Trinajstić information content (AvgIpc) is 3.77. The number of furan rings is 1. The van der Waals surface area contributed by atoms with Crippen molar-refractivity contribution in [3.05, 3.63) is 162 Å². The predicted molar refractivity (Wildman–Crippen MR) is 235 cm³/mol. The number of aromatic nitrogens is 4. The molecule has 7 heteroatoms. The quantitative estimate of drug-likeness (QED) is 0.118. The third-order valence-electron chi connectivity index (χ3n) is 10.2. The second kappa shape index (κ2) is 16.6. The second-order valence-electron chi connectivity index (χ2n) is 16.0. The Morgan fingerprint density at radius 3 is 2.18 bits per heavy atom. The van der Waals surface area contributed by atoms with Gasteiger partial charge in [0.2, 0.25) is 5.71 Å². The smallest absolute Gasteiger partial charge is 0.216 e. The SMILES string of the molecule is CC(C)Cc1cc(-c2[c-]cccc2)ncc1[Si](C)(C)C.Cc1cccc(C)c1-c1ccc2c(n1)oc1c(-c3nc4ccccc4n3-c3ccccc3)[c-]ccc12.[Ir]. The van der Waals surface area contributed by atoms with Crippen LogP contribution in [0.3, 0.4) is 0 Å². The van der Waals surface area contributed by atoms with Crippen molar-refractivity contribution in [3.8, 4) is 39.6 Å². The van der Waals surface area contributed by atoms with Gasteiger partial charge in [0.25, 0.3) is 0 Å². The molecule has 4 heterocycles. The largest absolute Gasteiger partial charge is 0.486 e. The van der Waals surface area contributed by atoms with E-state index in [1.54, 1.807) is 0 Å². The fourth-order valence-electron chi connectivity index (χ4n) is 7.66. The number of rotatable bonds is 7. The molecule has 57 heavy (non-hydrogen) atoms. The van der Waals surface area contributed by atoms with Gasteiger partial charge in [-0.2, -0.15) is 0 Å². The Kier molecular flexibility index (Phi) is 11.6. The Balaban J connectivity index is 0.000000202. The van der Waals surface area contributed by atoms with Gasteiger partial charge in [-0.15, -0.1) is 54.1 Å². The molecule has 9 aromatic rings. The molecule has 0 saturated heterocycles. The van der Waals surface area contributed by atoms with E-state index in [-0.39, 0.29) is 20.1 Å². The van der Waals surface area contributed by atoms with E-state index in [2.05, 4.69) is 136 Å². The summed E-state index contributed by atoms with van der Waals surface area (Å²) in [6.07, 6.45) is 3.24. The van der Waals surface area contributed by atoms with Crippen molar-refractivity contribution in [2.75, 3.05) is 0 Å². The zero-order valence-corrected chi connectivity index (χ0v) is 36.9. The minimum absolute atomic E-state index is 0. The second-order valence-corrected chi connectivity index (χ2v) is 21.0. The average molecular weight is 939 g/mol. The maximum Gasteiger partial charge on any atom is 0.216 e. The molecule has 4 aromatic heterocycles. The predicted octanol–water partition coefficient (Wildman–Crippen LogP) is 12.4. The Hall–Kier alpha value is -5.46. The number of imidazole rings is 1. The van der Waals surface area contributed by atoms with Gasteiger partial charge in [0, 0.05) is 42.9 Å². The molecule has 0 amide bonds. The van der Waals surface area contributed by atoms with E-state index in [1.807, 2.05) is 66.7 Å². The van der Waals surface area contributed by atoms with Crippen LogP contribution in [-0.2, 0) is 26.5 Å². The molecule has 5 aromatic carbocycles. The van der Waals surface area contributed by atoms with Gasteiger partial charge in [0.15, 0.2) is 0 Å². The van der Waals surface area contributed by atoms with Crippen LogP contribution in [0.4, 0.5) is 0 Å². The van der Waals surface area contributed by atoms with Gasteiger partial charge >= 0.3 is 0 Å². The van der Waals surface area contributed by atoms with Crippen LogP contribution in [0.15, 0.2) is 138 Å². The van der Waals surface area contributed by atoms with E-state index < -0.39 is 8.07 Å². The number of benzene rings is 5.